The lowest BCUT2D eigenvalue weighted by Gasteiger charge is -2.19. The van der Waals surface area contributed by atoms with E-state index in [1.54, 1.807) is 0 Å². The summed E-state index contributed by atoms with van der Waals surface area (Å²) in [6, 6.07) is 8.23. The van der Waals surface area contributed by atoms with Gasteiger partial charge in [0.2, 0.25) is 0 Å². The number of aromatic nitrogens is 1. The third-order valence-corrected chi connectivity index (χ3v) is 4.56. The van der Waals surface area contributed by atoms with Crippen molar-refractivity contribution in [3.8, 4) is 0 Å². The lowest BCUT2D eigenvalue weighted by Crippen LogP contribution is -2.34. The number of carbonyl (C=O) groups excluding carboxylic acids is 1. The molecule has 0 radical (unpaired) electrons. The van der Waals surface area contributed by atoms with E-state index in [-0.39, 0.29) is 6.03 Å². The molecule has 1 aromatic carbocycles. The largest absolute Gasteiger partial charge is 0.348 e. The monoisotopic (exact) mass is 314 g/mol. The van der Waals surface area contributed by atoms with Crippen LogP contribution in [0.3, 0.4) is 0 Å². The first-order valence-corrected chi connectivity index (χ1v) is 8.36. The zero-order chi connectivity index (χ0) is 16.4. The summed E-state index contributed by atoms with van der Waals surface area (Å²) < 4.78 is 2.19. The number of anilines is 1. The van der Waals surface area contributed by atoms with Gasteiger partial charge in [-0.25, -0.2) is 4.79 Å². The van der Waals surface area contributed by atoms with Crippen molar-refractivity contribution in [3.05, 3.63) is 30.5 Å². The van der Waals surface area contributed by atoms with Crippen molar-refractivity contribution in [1.29, 1.82) is 0 Å². The van der Waals surface area contributed by atoms with Gasteiger partial charge in [-0.05, 0) is 56.9 Å². The van der Waals surface area contributed by atoms with E-state index in [2.05, 4.69) is 60.2 Å². The molecular formula is C18H26N4O. The van der Waals surface area contributed by atoms with Crippen molar-refractivity contribution in [2.24, 2.45) is 5.92 Å². The third-order valence-electron chi connectivity index (χ3n) is 4.56. The first-order valence-electron chi connectivity index (χ1n) is 8.36. The number of hydrogen-bond donors (Lipinski definition) is 1. The minimum atomic E-state index is 0.0141. The van der Waals surface area contributed by atoms with Crippen molar-refractivity contribution in [2.45, 2.75) is 19.9 Å². The minimum Gasteiger partial charge on any atom is -0.348 e. The number of nitrogens with one attached hydrogen (secondary N) is 1. The molecule has 5 nitrogen and oxygen atoms in total. The number of rotatable bonds is 4. The maximum Gasteiger partial charge on any atom is 0.321 e. The Balaban J connectivity index is 1.66. The van der Waals surface area contributed by atoms with E-state index in [4.69, 9.17) is 0 Å². The van der Waals surface area contributed by atoms with Crippen LogP contribution in [-0.2, 0) is 6.54 Å². The Morgan fingerprint density at radius 3 is 2.91 bits per heavy atom. The van der Waals surface area contributed by atoms with E-state index < -0.39 is 0 Å². The highest BCUT2D eigenvalue weighted by Gasteiger charge is 2.26. The summed E-state index contributed by atoms with van der Waals surface area (Å²) >= 11 is 0. The predicted molar refractivity (Wildman–Crippen MR) is 94.9 cm³/mol. The molecule has 1 atom stereocenters. The topological polar surface area (TPSA) is 40.5 Å². The maximum absolute atomic E-state index is 12.5. The molecule has 1 N–H and O–H groups in total. The quantitative estimate of drug-likeness (QED) is 0.942. The van der Waals surface area contributed by atoms with Gasteiger partial charge in [-0.1, -0.05) is 6.07 Å². The molecule has 1 aliphatic rings. The number of carbonyl (C=O) groups is 1. The molecule has 0 spiro atoms. The van der Waals surface area contributed by atoms with Crippen molar-refractivity contribution >= 4 is 22.6 Å². The molecule has 2 aromatic rings. The van der Waals surface area contributed by atoms with Gasteiger partial charge in [-0.2, -0.15) is 0 Å². The van der Waals surface area contributed by atoms with E-state index in [0.717, 1.165) is 43.8 Å². The number of likely N-dealkylation sites (tertiary alicyclic amines) is 1. The fourth-order valence-electron chi connectivity index (χ4n) is 3.42. The van der Waals surface area contributed by atoms with Crippen LogP contribution in [0, 0.1) is 5.92 Å². The van der Waals surface area contributed by atoms with Crippen molar-refractivity contribution < 1.29 is 4.79 Å². The van der Waals surface area contributed by atoms with Crippen molar-refractivity contribution in [2.75, 3.05) is 39.0 Å². The number of amides is 2. The average Bonchev–Trinajstić information content (AvgIpc) is 3.12. The molecule has 0 aliphatic carbocycles. The summed E-state index contributed by atoms with van der Waals surface area (Å²) in [6.07, 6.45) is 3.17. The number of fused-ring (bicyclic) bond motifs is 1. The molecule has 3 rings (SSSR count). The number of nitrogens with zero attached hydrogens (tertiary/aromatic N) is 3. The van der Waals surface area contributed by atoms with Crippen LogP contribution in [0.1, 0.15) is 13.3 Å². The van der Waals surface area contributed by atoms with Crippen LogP contribution in [0.4, 0.5) is 10.5 Å². The number of aryl methyl sites for hydroxylation is 1. The third kappa shape index (κ3) is 3.50. The van der Waals surface area contributed by atoms with Gasteiger partial charge in [0.25, 0.3) is 0 Å². The molecule has 124 valence electrons. The standard InChI is InChI=1S/C18H26N4O/c1-4-21-10-8-15-5-6-16(11-17(15)21)19-18(23)22-9-7-14(13-22)12-20(2)3/h5-6,8,10-11,14H,4,7,9,12-13H2,1-3H3,(H,19,23). The first-order chi connectivity index (χ1) is 11.1. The van der Waals surface area contributed by atoms with E-state index in [1.807, 2.05) is 11.0 Å². The van der Waals surface area contributed by atoms with E-state index in [0.29, 0.717) is 5.92 Å². The summed E-state index contributed by atoms with van der Waals surface area (Å²) in [4.78, 5) is 16.6. The highest BCUT2D eigenvalue weighted by molar-refractivity contribution is 5.93. The van der Waals surface area contributed by atoms with Crippen molar-refractivity contribution in [1.82, 2.24) is 14.4 Å². The molecule has 2 amide bonds. The van der Waals surface area contributed by atoms with Gasteiger partial charge in [0.15, 0.2) is 0 Å². The minimum absolute atomic E-state index is 0.0141. The van der Waals surface area contributed by atoms with Gasteiger partial charge in [0.05, 0.1) is 5.52 Å². The summed E-state index contributed by atoms with van der Waals surface area (Å²) in [5, 5.41) is 4.26. The molecule has 1 fully saturated rings. The Labute approximate surface area is 137 Å². The first kappa shape index (κ1) is 15.9. The second kappa shape index (κ2) is 6.62. The van der Waals surface area contributed by atoms with Gasteiger partial charge in [-0.3, -0.25) is 0 Å². The van der Waals surface area contributed by atoms with Crippen LogP contribution in [0.2, 0.25) is 0 Å². The molecule has 2 heterocycles. The van der Waals surface area contributed by atoms with Gasteiger partial charge in [-0.15, -0.1) is 0 Å². The summed E-state index contributed by atoms with van der Waals surface area (Å²) in [6.45, 7) is 5.79. The van der Waals surface area contributed by atoms with Crippen LogP contribution in [0.5, 0.6) is 0 Å². The fraction of sp³-hybridized carbons (Fsp3) is 0.500. The zero-order valence-electron chi connectivity index (χ0n) is 14.2. The second-order valence-electron chi connectivity index (χ2n) is 6.67. The van der Waals surface area contributed by atoms with Gasteiger partial charge in [0.1, 0.15) is 0 Å². The summed E-state index contributed by atoms with van der Waals surface area (Å²) in [5.74, 6) is 0.579. The Morgan fingerprint density at radius 1 is 1.35 bits per heavy atom. The van der Waals surface area contributed by atoms with Crippen molar-refractivity contribution in [3.63, 3.8) is 0 Å². The molecule has 1 saturated heterocycles. The van der Waals surface area contributed by atoms with Crippen LogP contribution >= 0.6 is 0 Å². The molecule has 1 aromatic heterocycles. The number of hydrogen-bond acceptors (Lipinski definition) is 2. The Hall–Kier alpha value is -2.01. The second-order valence-corrected chi connectivity index (χ2v) is 6.67. The highest BCUT2D eigenvalue weighted by Crippen LogP contribution is 2.22. The molecule has 23 heavy (non-hydrogen) atoms. The summed E-state index contributed by atoms with van der Waals surface area (Å²) in [7, 11) is 4.17. The SMILES string of the molecule is CCn1ccc2ccc(NC(=O)N3CCC(CN(C)C)C3)cc21. The van der Waals surface area contributed by atoms with Gasteiger partial charge >= 0.3 is 6.03 Å². The van der Waals surface area contributed by atoms with Crippen LogP contribution in [0.25, 0.3) is 10.9 Å². The zero-order valence-corrected chi connectivity index (χ0v) is 14.2. The number of urea groups is 1. The maximum atomic E-state index is 12.5. The molecule has 0 bridgehead atoms. The molecule has 5 heteroatoms. The Bertz CT molecular complexity index is 691. The predicted octanol–water partition coefficient (Wildman–Crippen LogP) is 3.08. The molecule has 1 unspecified atom stereocenters. The highest BCUT2D eigenvalue weighted by atomic mass is 16.2. The molecule has 0 saturated carbocycles. The van der Waals surface area contributed by atoms with Crippen LogP contribution in [0.15, 0.2) is 30.5 Å². The smallest absolute Gasteiger partial charge is 0.321 e. The lowest BCUT2D eigenvalue weighted by molar-refractivity contribution is 0.219. The summed E-state index contributed by atoms with van der Waals surface area (Å²) in [5.41, 5.74) is 2.03. The lowest BCUT2D eigenvalue weighted by atomic mass is 10.1. The van der Waals surface area contributed by atoms with Gasteiger partial charge < -0.3 is 19.7 Å². The van der Waals surface area contributed by atoms with E-state index in [9.17, 15) is 4.79 Å². The van der Waals surface area contributed by atoms with E-state index >= 15 is 0 Å². The van der Waals surface area contributed by atoms with Crippen LogP contribution < -0.4 is 5.32 Å². The fourth-order valence-corrected chi connectivity index (χ4v) is 3.42. The normalized spacial score (nSPS) is 18.1. The van der Waals surface area contributed by atoms with E-state index in [1.165, 1.54) is 5.39 Å². The Kier molecular flexibility index (Phi) is 4.57. The number of benzene rings is 1. The molecule has 1 aliphatic heterocycles. The average molecular weight is 314 g/mol. The van der Waals surface area contributed by atoms with Crippen LogP contribution in [-0.4, -0.2) is 54.1 Å². The molecular weight excluding hydrogens is 288 g/mol. The Morgan fingerprint density at radius 2 is 2.17 bits per heavy atom. The van der Waals surface area contributed by atoms with Gasteiger partial charge in [0, 0.05) is 38.1 Å².